The monoisotopic (exact) mass is 652 g/mol. The number of fused-ring (bicyclic) bond motifs is 6. The quantitative estimate of drug-likeness (QED) is 0.180. The highest BCUT2D eigenvalue weighted by atomic mass is 79.9. The van der Waals surface area contributed by atoms with Crippen LogP contribution in [0.3, 0.4) is 0 Å². The Morgan fingerprint density at radius 1 is 0.590 bits per heavy atom. The van der Waals surface area contributed by atoms with Crippen LogP contribution in [0.2, 0.25) is 0 Å². The molecule has 0 bridgehead atoms. The van der Waals surface area contributed by atoms with E-state index >= 15 is 0 Å². The number of aromatic nitrogens is 4. The second kappa shape index (κ2) is 12.0. The summed E-state index contributed by atoms with van der Waals surface area (Å²) in [6.07, 6.45) is 7.95. The second-order valence-corrected chi connectivity index (χ2v) is 9.90. The van der Waals surface area contributed by atoms with E-state index in [4.69, 9.17) is 9.47 Å². The molecule has 8 heteroatoms. The predicted octanol–water partition coefficient (Wildman–Crippen LogP) is 0.0431. The third-order valence-electron chi connectivity index (χ3n) is 7.82. The summed E-state index contributed by atoms with van der Waals surface area (Å²) >= 11 is 0. The maximum atomic E-state index is 5.40. The fourth-order valence-electron chi connectivity index (χ4n) is 5.63. The van der Waals surface area contributed by atoms with Crippen molar-refractivity contribution in [3.05, 3.63) is 72.3 Å². The van der Waals surface area contributed by atoms with Crippen LogP contribution >= 0.6 is 0 Å². The summed E-state index contributed by atoms with van der Waals surface area (Å²) in [5.41, 5.74) is 7.21. The number of pyridine rings is 2. The van der Waals surface area contributed by atoms with Crippen molar-refractivity contribution in [1.29, 1.82) is 0 Å². The third-order valence-corrected chi connectivity index (χ3v) is 7.82. The molecule has 0 aliphatic rings. The lowest BCUT2D eigenvalue weighted by atomic mass is 10.1. The zero-order valence-electron chi connectivity index (χ0n) is 22.8. The van der Waals surface area contributed by atoms with Gasteiger partial charge in [-0.05, 0) is 30.7 Å². The van der Waals surface area contributed by atoms with Crippen LogP contribution in [0.25, 0.3) is 43.6 Å². The van der Waals surface area contributed by atoms with Crippen molar-refractivity contribution in [2.45, 2.75) is 46.2 Å². The van der Waals surface area contributed by atoms with Gasteiger partial charge in [0.2, 0.25) is 11.4 Å². The van der Waals surface area contributed by atoms with Gasteiger partial charge in [0.15, 0.2) is 12.4 Å². The number of ether oxygens (including phenoxy) is 2. The van der Waals surface area contributed by atoms with Crippen molar-refractivity contribution in [2.75, 3.05) is 14.2 Å². The molecule has 2 N–H and O–H groups in total. The van der Waals surface area contributed by atoms with Crippen LogP contribution in [0.5, 0.6) is 11.5 Å². The lowest BCUT2D eigenvalue weighted by Gasteiger charge is -2.03. The first-order valence-corrected chi connectivity index (χ1v) is 13.0. The van der Waals surface area contributed by atoms with E-state index in [-0.39, 0.29) is 34.0 Å². The van der Waals surface area contributed by atoms with E-state index in [0.717, 1.165) is 48.5 Å². The number of rotatable bonds is 8. The lowest BCUT2D eigenvalue weighted by Crippen LogP contribution is -3.00. The minimum Gasteiger partial charge on any atom is -1.00 e. The number of unbranched alkanes of at least 4 members (excludes halogenated alkanes) is 2. The molecule has 204 valence electrons. The van der Waals surface area contributed by atoms with Crippen molar-refractivity contribution in [3.8, 4) is 11.5 Å². The highest BCUT2D eigenvalue weighted by molar-refractivity contribution is 6.08. The number of aryl methyl sites for hydroxylation is 4. The minimum absolute atomic E-state index is 0. The molecule has 4 heterocycles. The van der Waals surface area contributed by atoms with Gasteiger partial charge in [-0.15, -0.1) is 0 Å². The SMILES string of the molecule is COc1ccc2c(c1)[nH]c1c(C)[n+](CCCCC[n+]3ccc4c([nH]c5cc(OC)ccc54)c3C)ccc12.[Br-].[Br-]. The first-order chi connectivity index (χ1) is 18.1. The van der Waals surface area contributed by atoms with E-state index in [1.807, 2.05) is 12.1 Å². The van der Waals surface area contributed by atoms with Gasteiger partial charge in [-0.25, -0.2) is 9.13 Å². The van der Waals surface area contributed by atoms with Gasteiger partial charge >= 0.3 is 0 Å². The van der Waals surface area contributed by atoms with E-state index < -0.39 is 0 Å². The van der Waals surface area contributed by atoms with Crippen LogP contribution in [0.1, 0.15) is 30.7 Å². The van der Waals surface area contributed by atoms with Crippen molar-refractivity contribution in [2.24, 2.45) is 0 Å². The van der Waals surface area contributed by atoms with Crippen LogP contribution in [0.15, 0.2) is 60.9 Å². The summed E-state index contributed by atoms with van der Waals surface area (Å²) in [6, 6.07) is 16.9. The summed E-state index contributed by atoms with van der Waals surface area (Å²) in [7, 11) is 3.42. The zero-order chi connectivity index (χ0) is 25.5. The van der Waals surface area contributed by atoms with Gasteiger partial charge in [0.25, 0.3) is 0 Å². The summed E-state index contributed by atoms with van der Waals surface area (Å²) in [5, 5.41) is 5.02. The Balaban J connectivity index is 0.00000176. The number of hydrogen-bond donors (Lipinski definition) is 2. The molecule has 2 aromatic carbocycles. The molecule has 0 radical (unpaired) electrons. The average Bonchev–Trinajstić information content (AvgIpc) is 3.49. The standard InChI is InChI=1S/C31H32N4O2.2BrH/c1-20-30-26(24-10-8-22(36-3)18-28(24)32-30)12-16-34(20)14-6-5-7-15-35-17-13-27-25-11-9-23(37-4)19-29(25)33-31(27)21(35)2;;/h8-13,16-19H,5-7,14-15H2,1-4H3;2*1H. The Morgan fingerprint density at radius 2 is 1.03 bits per heavy atom. The third kappa shape index (κ3) is 5.24. The second-order valence-electron chi connectivity index (χ2n) is 9.90. The number of H-pyrrole nitrogens is 2. The Hall–Kier alpha value is -3.10. The normalized spacial score (nSPS) is 11.2. The Labute approximate surface area is 249 Å². The summed E-state index contributed by atoms with van der Waals surface area (Å²) in [6.45, 7) is 6.46. The van der Waals surface area contributed by atoms with Gasteiger partial charge in [0.05, 0.1) is 25.3 Å². The molecule has 4 aromatic heterocycles. The summed E-state index contributed by atoms with van der Waals surface area (Å²) < 4.78 is 15.5. The van der Waals surface area contributed by atoms with Crippen molar-refractivity contribution in [1.82, 2.24) is 9.97 Å². The molecule has 0 fully saturated rings. The number of benzene rings is 2. The van der Waals surface area contributed by atoms with Gasteiger partial charge in [0.1, 0.15) is 35.6 Å². The van der Waals surface area contributed by atoms with Crippen LogP contribution in [-0.2, 0) is 13.1 Å². The van der Waals surface area contributed by atoms with Crippen LogP contribution in [0.4, 0.5) is 0 Å². The molecule has 6 rings (SSSR count). The largest absolute Gasteiger partial charge is 1.00 e. The molecule has 0 saturated carbocycles. The molecule has 0 aliphatic carbocycles. The van der Waals surface area contributed by atoms with E-state index in [1.165, 1.54) is 50.4 Å². The fourth-order valence-corrected chi connectivity index (χ4v) is 5.63. The summed E-state index contributed by atoms with van der Waals surface area (Å²) in [5.74, 6) is 1.75. The maximum absolute atomic E-state index is 5.40. The Morgan fingerprint density at radius 3 is 1.44 bits per heavy atom. The number of methoxy groups -OCH3 is 2. The number of nitrogens with one attached hydrogen (secondary N) is 2. The van der Waals surface area contributed by atoms with E-state index in [9.17, 15) is 0 Å². The van der Waals surface area contributed by atoms with Gasteiger partial charge in [0, 0.05) is 72.5 Å². The van der Waals surface area contributed by atoms with Gasteiger partial charge in [-0.2, -0.15) is 0 Å². The van der Waals surface area contributed by atoms with Crippen LogP contribution in [-0.4, -0.2) is 24.2 Å². The first-order valence-electron chi connectivity index (χ1n) is 13.0. The lowest BCUT2D eigenvalue weighted by molar-refractivity contribution is -0.705. The van der Waals surface area contributed by atoms with E-state index in [1.54, 1.807) is 14.2 Å². The first kappa shape index (κ1) is 28.9. The van der Waals surface area contributed by atoms with Crippen LogP contribution in [0, 0.1) is 13.8 Å². The number of halogens is 2. The van der Waals surface area contributed by atoms with Crippen LogP contribution < -0.4 is 52.6 Å². The zero-order valence-corrected chi connectivity index (χ0v) is 25.9. The van der Waals surface area contributed by atoms with E-state index in [2.05, 4.69) is 81.7 Å². The smallest absolute Gasteiger partial charge is 0.202 e. The number of aromatic amines is 2. The minimum atomic E-state index is 0. The molecule has 6 nitrogen and oxygen atoms in total. The van der Waals surface area contributed by atoms with Gasteiger partial charge in [-0.3, -0.25) is 0 Å². The molecule has 0 atom stereocenters. The van der Waals surface area contributed by atoms with Crippen molar-refractivity contribution >= 4 is 43.6 Å². The average molecular weight is 654 g/mol. The molecular weight excluding hydrogens is 620 g/mol. The predicted molar refractivity (Wildman–Crippen MR) is 148 cm³/mol. The van der Waals surface area contributed by atoms with Gasteiger partial charge < -0.3 is 53.4 Å². The van der Waals surface area contributed by atoms with E-state index in [0.29, 0.717) is 0 Å². The van der Waals surface area contributed by atoms with Gasteiger partial charge in [-0.1, -0.05) is 0 Å². The highest BCUT2D eigenvalue weighted by Gasteiger charge is 2.17. The van der Waals surface area contributed by atoms with Crippen molar-refractivity contribution < 1.29 is 52.6 Å². The topological polar surface area (TPSA) is 57.8 Å². The number of nitrogens with zero attached hydrogens (tertiary/aromatic N) is 2. The Kier molecular flexibility index (Phi) is 8.86. The molecule has 0 unspecified atom stereocenters. The summed E-state index contributed by atoms with van der Waals surface area (Å²) in [4.78, 5) is 7.21. The fraction of sp³-hybridized carbons (Fsp3) is 0.290. The van der Waals surface area contributed by atoms with Crippen molar-refractivity contribution in [3.63, 3.8) is 0 Å². The highest BCUT2D eigenvalue weighted by Crippen LogP contribution is 2.30. The molecule has 39 heavy (non-hydrogen) atoms. The maximum Gasteiger partial charge on any atom is 0.202 e. The number of hydrogen-bond acceptors (Lipinski definition) is 2. The molecule has 0 spiro atoms. The molecule has 0 saturated heterocycles. The Bertz CT molecular complexity index is 1640. The molecule has 6 aromatic rings. The molecular formula is C31H34Br2N4O2. The molecule has 0 amide bonds. The molecule has 0 aliphatic heterocycles.